The Morgan fingerprint density at radius 3 is 2.43 bits per heavy atom. The van der Waals surface area contributed by atoms with Gasteiger partial charge in [0.15, 0.2) is 0 Å². The van der Waals surface area contributed by atoms with Crippen LogP contribution in [-0.2, 0) is 6.42 Å². The molecule has 1 aliphatic heterocycles. The molecule has 0 spiro atoms. The number of anilines is 2. The van der Waals surface area contributed by atoms with Crippen molar-refractivity contribution in [2.75, 3.05) is 36.5 Å². The smallest absolute Gasteiger partial charge is 0.255 e. The van der Waals surface area contributed by atoms with Crippen molar-refractivity contribution in [1.82, 2.24) is 5.32 Å². The fraction of sp³-hybridized carbons (Fsp3) is 0.345. The van der Waals surface area contributed by atoms with Gasteiger partial charge in [-0.05, 0) is 91.5 Å². The molecule has 0 bridgehead atoms. The summed E-state index contributed by atoms with van der Waals surface area (Å²) in [6.07, 6.45) is 1.97. The predicted octanol–water partition coefficient (Wildman–Crippen LogP) is 5.52. The number of nitrogens with zero attached hydrogens (tertiary/aromatic N) is 1. The molecule has 5 nitrogen and oxygen atoms in total. The van der Waals surface area contributed by atoms with Crippen LogP contribution in [0, 0.1) is 11.7 Å². The van der Waals surface area contributed by atoms with Gasteiger partial charge in [0.25, 0.3) is 5.91 Å². The summed E-state index contributed by atoms with van der Waals surface area (Å²) in [4.78, 5) is 15.0. The van der Waals surface area contributed by atoms with Crippen molar-refractivity contribution in [3.8, 4) is 5.75 Å². The Balaban J connectivity index is 1.22. The van der Waals surface area contributed by atoms with Crippen LogP contribution in [0.15, 0.2) is 72.8 Å². The number of hydrogen-bond acceptors (Lipinski definition) is 4. The van der Waals surface area contributed by atoms with E-state index in [4.69, 9.17) is 4.74 Å². The zero-order valence-electron chi connectivity index (χ0n) is 20.5. The maximum Gasteiger partial charge on any atom is 0.255 e. The van der Waals surface area contributed by atoms with Gasteiger partial charge >= 0.3 is 0 Å². The van der Waals surface area contributed by atoms with Gasteiger partial charge in [-0.25, -0.2) is 4.39 Å². The Kier molecular flexibility index (Phi) is 8.37. The van der Waals surface area contributed by atoms with Gasteiger partial charge in [0.05, 0.1) is 6.61 Å². The van der Waals surface area contributed by atoms with Crippen molar-refractivity contribution in [2.45, 2.75) is 32.7 Å². The Bertz CT molecular complexity index is 1080. The first kappa shape index (κ1) is 24.7. The van der Waals surface area contributed by atoms with E-state index in [0.717, 1.165) is 55.2 Å². The van der Waals surface area contributed by atoms with Crippen LogP contribution in [0.2, 0.25) is 0 Å². The van der Waals surface area contributed by atoms with Crippen molar-refractivity contribution in [2.24, 2.45) is 5.92 Å². The summed E-state index contributed by atoms with van der Waals surface area (Å²) in [5, 5.41) is 6.58. The first-order chi connectivity index (χ1) is 17.0. The minimum absolute atomic E-state index is 0.139. The summed E-state index contributed by atoms with van der Waals surface area (Å²) in [6, 6.07) is 22.4. The number of benzene rings is 3. The molecule has 2 N–H and O–H groups in total. The molecule has 0 aromatic heterocycles. The third kappa shape index (κ3) is 7.30. The van der Waals surface area contributed by atoms with Crippen LogP contribution >= 0.6 is 0 Å². The van der Waals surface area contributed by atoms with Crippen molar-refractivity contribution in [1.29, 1.82) is 0 Å². The molecule has 3 aromatic rings. The number of carbonyl (C=O) groups is 1. The fourth-order valence-electron chi connectivity index (χ4n) is 4.16. The maximum atomic E-state index is 13.0. The zero-order chi connectivity index (χ0) is 24.6. The predicted molar refractivity (Wildman–Crippen MR) is 140 cm³/mol. The third-order valence-electron chi connectivity index (χ3n) is 6.14. The SMILES string of the molecule is CC(C)COc1ccc(C(=O)Nc2ccc(N3CCC(NCCc4ccc(F)cc4)C3)cc2)cc1. The van der Waals surface area contributed by atoms with Gasteiger partial charge in [-0.15, -0.1) is 0 Å². The number of nitrogens with one attached hydrogen (secondary N) is 2. The summed E-state index contributed by atoms with van der Waals surface area (Å²) in [5.41, 5.74) is 3.66. The van der Waals surface area contributed by atoms with Crippen molar-refractivity contribution < 1.29 is 13.9 Å². The average Bonchev–Trinajstić information content (AvgIpc) is 3.33. The van der Waals surface area contributed by atoms with E-state index in [0.29, 0.717) is 24.1 Å². The highest BCUT2D eigenvalue weighted by atomic mass is 19.1. The summed E-state index contributed by atoms with van der Waals surface area (Å²) in [6.45, 7) is 7.67. The Labute approximate surface area is 207 Å². The molecular weight excluding hydrogens is 441 g/mol. The van der Waals surface area contributed by atoms with Crippen molar-refractivity contribution >= 4 is 17.3 Å². The van der Waals surface area contributed by atoms with E-state index in [2.05, 4.69) is 41.5 Å². The number of rotatable bonds is 10. The lowest BCUT2D eigenvalue weighted by molar-refractivity contribution is 0.102. The van der Waals surface area contributed by atoms with E-state index in [9.17, 15) is 9.18 Å². The number of carbonyl (C=O) groups excluding carboxylic acids is 1. The molecule has 6 heteroatoms. The maximum absolute atomic E-state index is 13.0. The second-order valence-electron chi connectivity index (χ2n) is 9.49. The fourth-order valence-corrected chi connectivity index (χ4v) is 4.16. The van der Waals surface area contributed by atoms with Gasteiger partial charge in [0, 0.05) is 36.1 Å². The molecule has 1 atom stereocenters. The van der Waals surface area contributed by atoms with Crippen LogP contribution in [0.25, 0.3) is 0 Å². The third-order valence-corrected chi connectivity index (χ3v) is 6.14. The van der Waals surface area contributed by atoms with Crippen LogP contribution < -0.4 is 20.3 Å². The van der Waals surface area contributed by atoms with E-state index in [1.165, 1.54) is 12.1 Å². The lowest BCUT2D eigenvalue weighted by Gasteiger charge is -2.19. The second kappa shape index (κ2) is 11.8. The monoisotopic (exact) mass is 475 g/mol. The molecule has 1 amide bonds. The van der Waals surface area contributed by atoms with Gasteiger partial charge in [-0.3, -0.25) is 4.79 Å². The Morgan fingerprint density at radius 1 is 1.03 bits per heavy atom. The lowest BCUT2D eigenvalue weighted by Crippen LogP contribution is -2.33. The van der Waals surface area contributed by atoms with Gasteiger partial charge in [-0.1, -0.05) is 26.0 Å². The van der Waals surface area contributed by atoms with Crippen LogP contribution in [-0.4, -0.2) is 38.2 Å². The van der Waals surface area contributed by atoms with Gasteiger partial charge in [-0.2, -0.15) is 0 Å². The highest BCUT2D eigenvalue weighted by Gasteiger charge is 2.22. The second-order valence-corrected chi connectivity index (χ2v) is 9.49. The number of hydrogen-bond donors (Lipinski definition) is 2. The summed E-state index contributed by atoms with van der Waals surface area (Å²) >= 11 is 0. The molecule has 0 aliphatic carbocycles. The Morgan fingerprint density at radius 2 is 1.74 bits per heavy atom. The van der Waals surface area contributed by atoms with E-state index < -0.39 is 0 Å². The van der Waals surface area contributed by atoms with E-state index in [1.807, 2.05) is 36.4 Å². The molecular formula is C29H34FN3O2. The Hall–Kier alpha value is -3.38. The molecule has 3 aromatic carbocycles. The number of amides is 1. The molecule has 35 heavy (non-hydrogen) atoms. The van der Waals surface area contributed by atoms with Crippen LogP contribution in [0.5, 0.6) is 5.75 Å². The highest BCUT2D eigenvalue weighted by molar-refractivity contribution is 6.04. The average molecular weight is 476 g/mol. The van der Waals surface area contributed by atoms with Gasteiger partial charge in [0.2, 0.25) is 0 Å². The van der Waals surface area contributed by atoms with Gasteiger partial charge in [0.1, 0.15) is 11.6 Å². The van der Waals surface area contributed by atoms with Crippen LogP contribution in [0.1, 0.15) is 36.2 Å². The lowest BCUT2D eigenvalue weighted by atomic mass is 10.1. The molecule has 184 valence electrons. The summed E-state index contributed by atoms with van der Waals surface area (Å²) < 4.78 is 18.7. The molecule has 1 heterocycles. The zero-order valence-corrected chi connectivity index (χ0v) is 20.5. The van der Waals surface area contributed by atoms with Crippen molar-refractivity contribution in [3.05, 3.63) is 89.7 Å². The van der Waals surface area contributed by atoms with Crippen LogP contribution in [0.4, 0.5) is 15.8 Å². The standard InChI is InChI=1S/C29H34FN3O2/c1-21(2)20-35-28-13-5-23(6-14-28)29(34)32-25-9-11-27(12-10-25)33-18-16-26(19-33)31-17-15-22-3-7-24(30)8-4-22/h3-14,21,26,31H,15-20H2,1-2H3,(H,32,34). The topological polar surface area (TPSA) is 53.6 Å². The first-order valence-corrected chi connectivity index (χ1v) is 12.3. The number of ether oxygens (including phenoxy) is 1. The molecule has 4 rings (SSSR count). The summed E-state index contributed by atoms with van der Waals surface area (Å²) in [5.74, 6) is 0.893. The minimum atomic E-state index is -0.194. The first-order valence-electron chi connectivity index (χ1n) is 12.3. The molecule has 1 saturated heterocycles. The van der Waals surface area contributed by atoms with Gasteiger partial charge < -0.3 is 20.3 Å². The minimum Gasteiger partial charge on any atom is -0.493 e. The van der Waals surface area contributed by atoms with E-state index in [1.54, 1.807) is 12.1 Å². The quantitative estimate of drug-likeness (QED) is 0.405. The normalized spacial score (nSPS) is 15.4. The molecule has 0 radical (unpaired) electrons. The largest absolute Gasteiger partial charge is 0.493 e. The molecule has 1 fully saturated rings. The summed E-state index contributed by atoms with van der Waals surface area (Å²) in [7, 11) is 0. The van der Waals surface area contributed by atoms with E-state index in [-0.39, 0.29) is 11.7 Å². The molecule has 0 saturated carbocycles. The number of halogens is 1. The van der Waals surface area contributed by atoms with Crippen LogP contribution in [0.3, 0.4) is 0 Å². The van der Waals surface area contributed by atoms with E-state index >= 15 is 0 Å². The van der Waals surface area contributed by atoms with Crippen molar-refractivity contribution in [3.63, 3.8) is 0 Å². The molecule has 1 unspecified atom stereocenters. The highest BCUT2D eigenvalue weighted by Crippen LogP contribution is 2.23. The molecule has 1 aliphatic rings.